The van der Waals surface area contributed by atoms with Gasteiger partial charge < -0.3 is 14.8 Å². The minimum atomic E-state index is -0.497. The third-order valence-corrected chi connectivity index (χ3v) is 4.00. The molecule has 2 aliphatic heterocycles. The summed E-state index contributed by atoms with van der Waals surface area (Å²) in [4.78, 5) is 23.7. The third kappa shape index (κ3) is 2.36. The van der Waals surface area contributed by atoms with Crippen molar-refractivity contribution in [3.05, 3.63) is 0 Å². The summed E-state index contributed by atoms with van der Waals surface area (Å²) >= 11 is 0. The number of hydrogen-bond donors (Lipinski definition) is 1. The van der Waals surface area contributed by atoms with Crippen molar-refractivity contribution >= 4 is 11.9 Å². The Labute approximate surface area is 107 Å². The maximum absolute atomic E-state index is 12.0. The van der Waals surface area contributed by atoms with Gasteiger partial charge in [-0.15, -0.1) is 0 Å². The summed E-state index contributed by atoms with van der Waals surface area (Å²) in [6.07, 6.45) is 2.96. The molecule has 3 atom stereocenters. The van der Waals surface area contributed by atoms with Gasteiger partial charge in [-0.3, -0.25) is 4.79 Å². The van der Waals surface area contributed by atoms with Crippen LogP contribution in [0.15, 0.2) is 0 Å². The van der Waals surface area contributed by atoms with Crippen LogP contribution in [-0.4, -0.2) is 37.2 Å². The lowest BCUT2D eigenvalue weighted by Crippen LogP contribution is -2.49. The number of nitrogens with one attached hydrogen (secondary N) is 1. The first-order valence-corrected chi connectivity index (χ1v) is 6.69. The third-order valence-electron chi connectivity index (χ3n) is 4.00. The molecule has 3 unspecified atom stereocenters. The lowest BCUT2D eigenvalue weighted by Gasteiger charge is -2.39. The molecule has 0 bridgehead atoms. The van der Waals surface area contributed by atoms with Gasteiger partial charge in [0.05, 0.1) is 12.7 Å². The van der Waals surface area contributed by atoms with E-state index in [-0.39, 0.29) is 23.4 Å². The van der Waals surface area contributed by atoms with E-state index in [0.717, 1.165) is 19.3 Å². The second-order valence-electron chi connectivity index (χ2n) is 5.15. The second-order valence-corrected chi connectivity index (χ2v) is 5.15. The van der Waals surface area contributed by atoms with Crippen LogP contribution in [0.3, 0.4) is 0 Å². The first-order chi connectivity index (χ1) is 8.61. The van der Waals surface area contributed by atoms with Gasteiger partial charge in [0.15, 0.2) is 0 Å². The van der Waals surface area contributed by atoms with Gasteiger partial charge in [-0.25, -0.2) is 4.79 Å². The Bertz CT molecular complexity index is 344. The minimum absolute atomic E-state index is 0.0511. The highest BCUT2D eigenvalue weighted by Gasteiger charge is 2.53. The van der Waals surface area contributed by atoms with Gasteiger partial charge in [-0.2, -0.15) is 0 Å². The maximum atomic E-state index is 12.0. The smallest absolute Gasteiger partial charge is 0.329 e. The quantitative estimate of drug-likeness (QED) is 0.764. The fourth-order valence-electron chi connectivity index (χ4n) is 3.05. The van der Waals surface area contributed by atoms with E-state index in [1.54, 1.807) is 6.92 Å². The predicted molar refractivity (Wildman–Crippen MR) is 64.9 cm³/mol. The molecule has 102 valence electrons. The Morgan fingerprint density at radius 2 is 2.33 bits per heavy atom. The molecule has 2 fully saturated rings. The Morgan fingerprint density at radius 1 is 1.56 bits per heavy atom. The molecule has 2 rings (SSSR count). The largest absolute Gasteiger partial charge is 0.464 e. The van der Waals surface area contributed by atoms with E-state index in [1.807, 2.05) is 0 Å². The van der Waals surface area contributed by atoms with Crippen molar-refractivity contribution in [2.75, 3.05) is 13.2 Å². The lowest BCUT2D eigenvalue weighted by molar-refractivity contribution is -0.151. The molecule has 2 aliphatic rings. The van der Waals surface area contributed by atoms with Crippen LogP contribution in [0.2, 0.25) is 0 Å². The van der Waals surface area contributed by atoms with Crippen LogP contribution >= 0.6 is 0 Å². The van der Waals surface area contributed by atoms with E-state index in [9.17, 15) is 9.59 Å². The first-order valence-electron chi connectivity index (χ1n) is 6.69. The van der Waals surface area contributed by atoms with Crippen molar-refractivity contribution in [1.29, 1.82) is 0 Å². The van der Waals surface area contributed by atoms with Crippen molar-refractivity contribution in [3.8, 4) is 0 Å². The molecule has 2 heterocycles. The molecular weight excluding hydrogens is 234 g/mol. The number of carbonyl (C=O) groups excluding carboxylic acids is 2. The zero-order valence-corrected chi connectivity index (χ0v) is 11.0. The molecular formula is C13H21NO4. The van der Waals surface area contributed by atoms with Crippen LogP contribution in [-0.2, 0) is 19.1 Å². The number of hydrogen-bond acceptors (Lipinski definition) is 4. The predicted octanol–water partition coefficient (Wildman–Crippen LogP) is 1.01. The van der Waals surface area contributed by atoms with Crippen molar-refractivity contribution in [2.24, 2.45) is 5.41 Å². The van der Waals surface area contributed by atoms with Crippen LogP contribution in [0.25, 0.3) is 0 Å². The summed E-state index contributed by atoms with van der Waals surface area (Å²) in [5.74, 6) is -0.357. The summed E-state index contributed by atoms with van der Waals surface area (Å²) in [5.41, 5.74) is -0.303. The van der Waals surface area contributed by atoms with Gasteiger partial charge in [-0.05, 0) is 26.2 Å². The molecule has 0 aliphatic carbocycles. The summed E-state index contributed by atoms with van der Waals surface area (Å²) in [7, 11) is 0. The molecule has 1 spiro atoms. The standard InChI is InChI=1S/C13H21NO4/c1-3-9-7-13(5-6-18-9)8-10(15)14-11(13)12(16)17-4-2/h9,11H,3-8H2,1-2H3,(H,14,15). The van der Waals surface area contributed by atoms with Crippen molar-refractivity contribution in [3.63, 3.8) is 0 Å². The molecule has 2 saturated heterocycles. The van der Waals surface area contributed by atoms with E-state index in [4.69, 9.17) is 9.47 Å². The Hall–Kier alpha value is -1.10. The zero-order chi connectivity index (χ0) is 13.2. The van der Waals surface area contributed by atoms with E-state index >= 15 is 0 Å². The van der Waals surface area contributed by atoms with Gasteiger partial charge in [-0.1, -0.05) is 6.92 Å². The minimum Gasteiger partial charge on any atom is -0.464 e. The molecule has 0 aromatic rings. The normalized spacial score (nSPS) is 35.6. The van der Waals surface area contributed by atoms with E-state index in [0.29, 0.717) is 19.6 Å². The molecule has 18 heavy (non-hydrogen) atoms. The van der Waals surface area contributed by atoms with Crippen LogP contribution in [0, 0.1) is 5.41 Å². The topological polar surface area (TPSA) is 64.6 Å². The zero-order valence-electron chi connectivity index (χ0n) is 11.0. The molecule has 1 amide bonds. The fraction of sp³-hybridized carbons (Fsp3) is 0.846. The van der Waals surface area contributed by atoms with Crippen molar-refractivity contribution in [1.82, 2.24) is 5.32 Å². The molecule has 0 aromatic carbocycles. The molecule has 5 heteroatoms. The highest BCUT2D eigenvalue weighted by Crippen LogP contribution is 2.44. The van der Waals surface area contributed by atoms with Gasteiger partial charge in [0.2, 0.25) is 5.91 Å². The van der Waals surface area contributed by atoms with E-state index < -0.39 is 6.04 Å². The maximum Gasteiger partial charge on any atom is 0.329 e. The Balaban J connectivity index is 2.17. The Kier molecular flexibility index (Phi) is 3.90. The number of carbonyl (C=O) groups is 2. The van der Waals surface area contributed by atoms with Crippen molar-refractivity contribution < 1.29 is 19.1 Å². The molecule has 5 nitrogen and oxygen atoms in total. The Morgan fingerprint density at radius 3 is 3.00 bits per heavy atom. The monoisotopic (exact) mass is 255 g/mol. The fourth-order valence-corrected chi connectivity index (χ4v) is 3.05. The lowest BCUT2D eigenvalue weighted by atomic mass is 9.71. The first kappa shape index (κ1) is 13.3. The number of rotatable bonds is 3. The summed E-state index contributed by atoms with van der Waals surface area (Å²) in [6, 6.07) is -0.497. The van der Waals surface area contributed by atoms with Crippen LogP contribution in [0.4, 0.5) is 0 Å². The van der Waals surface area contributed by atoms with E-state index in [1.165, 1.54) is 0 Å². The molecule has 0 saturated carbocycles. The summed E-state index contributed by atoms with van der Waals surface area (Å²) < 4.78 is 10.7. The van der Waals surface area contributed by atoms with Crippen LogP contribution in [0.1, 0.15) is 39.5 Å². The van der Waals surface area contributed by atoms with Gasteiger partial charge >= 0.3 is 5.97 Å². The van der Waals surface area contributed by atoms with Crippen LogP contribution < -0.4 is 5.32 Å². The second kappa shape index (κ2) is 5.26. The summed E-state index contributed by atoms with van der Waals surface area (Å²) in [6.45, 7) is 4.80. The molecule has 1 N–H and O–H groups in total. The van der Waals surface area contributed by atoms with Gasteiger partial charge in [0.1, 0.15) is 6.04 Å². The number of esters is 1. The molecule has 0 aromatic heterocycles. The average molecular weight is 255 g/mol. The number of ether oxygens (including phenoxy) is 2. The highest BCUT2D eigenvalue weighted by molar-refractivity contribution is 5.90. The van der Waals surface area contributed by atoms with Gasteiger partial charge in [0, 0.05) is 18.4 Å². The van der Waals surface area contributed by atoms with Gasteiger partial charge in [0.25, 0.3) is 0 Å². The average Bonchev–Trinajstić information content (AvgIpc) is 2.66. The summed E-state index contributed by atoms with van der Waals surface area (Å²) in [5, 5.41) is 2.77. The van der Waals surface area contributed by atoms with E-state index in [2.05, 4.69) is 12.2 Å². The SMILES string of the molecule is CCOC(=O)C1NC(=O)CC12CCOC(CC)C2. The molecule has 0 radical (unpaired) electrons. The highest BCUT2D eigenvalue weighted by atomic mass is 16.5. The van der Waals surface area contributed by atoms with Crippen molar-refractivity contribution in [2.45, 2.75) is 51.7 Å². The number of amides is 1. The van der Waals surface area contributed by atoms with Crippen LogP contribution in [0.5, 0.6) is 0 Å².